The zero-order valence-corrected chi connectivity index (χ0v) is 13.2. The second-order valence-corrected chi connectivity index (χ2v) is 4.58. The Bertz CT molecular complexity index is 449. The molecule has 0 bridgehead atoms. The minimum Gasteiger partial charge on any atom is -0.494 e. The molecule has 0 aliphatic rings. The van der Waals surface area contributed by atoms with Gasteiger partial charge in [-0.2, -0.15) is 0 Å². The molecule has 5 nitrogen and oxygen atoms in total. The van der Waals surface area contributed by atoms with Crippen LogP contribution >= 0.6 is 12.4 Å². The Balaban J connectivity index is 0.00000400. The molecular formula is C15H23ClN2O3. The van der Waals surface area contributed by atoms with Crippen molar-refractivity contribution in [1.29, 1.82) is 0 Å². The van der Waals surface area contributed by atoms with E-state index in [2.05, 4.69) is 5.32 Å². The molecule has 0 aliphatic carbocycles. The van der Waals surface area contributed by atoms with E-state index in [-0.39, 0.29) is 43.0 Å². The number of ether oxygens (including phenoxy) is 1. The van der Waals surface area contributed by atoms with Gasteiger partial charge in [-0.1, -0.05) is 0 Å². The topological polar surface area (TPSA) is 81.4 Å². The SMILES string of the molecule is CCOc1ccc(C(=O)CCC(=O)N[C@@H](C)CN)cc1.Cl. The van der Waals surface area contributed by atoms with Crippen molar-refractivity contribution in [1.82, 2.24) is 5.32 Å². The molecule has 0 fully saturated rings. The average Bonchev–Trinajstić information content (AvgIpc) is 2.45. The van der Waals surface area contributed by atoms with Crippen LogP contribution < -0.4 is 15.8 Å². The van der Waals surface area contributed by atoms with Gasteiger partial charge in [-0.25, -0.2) is 0 Å². The molecule has 0 aromatic heterocycles. The summed E-state index contributed by atoms with van der Waals surface area (Å²) in [5.41, 5.74) is 6.00. The maximum Gasteiger partial charge on any atom is 0.220 e. The van der Waals surface area contributed by atoms with E-state index in [1.807, 2.05) is 13.8 Å². The number of carbonyl (C=O) groups excluding carboxylic acids is 2. The number of benzene rings is 1. The number of carbonyl (C=O) groups is 2. The van der Waals surface area contributed by atoms with Crippen LogP contribution in [0.1, 0.15) is 37.0 Å². The van der Waals surface area contributed by atoms with Gasteiger partial charge in [0.2, 0.25) is 5.91 Å². The van der Waals surface area contributed by atoms with Crippen molar-refractivity contribution in [2.75, 3.05) is 13.2 Å². The summed E-state index contributed by atoms with van der Waals surface area (Å²) in [5, 5.41) is 2.73. The van der Waals surface area contributed by atoms with Crippen molar-refractivity contribution >= 4 is 24.1 Å². The molecule has 21 heavy (non-hydrogen) atoms. The van der Waals surface area contributed by atoms with Gasteiger partial charge in [0.15, 0.2) is 5.78 Å². The molecule has 0 spiro atoms. The third kappa shape index (κ3) is 7.11. The van der Waals surface area contributed by atoms with Crippen LogP contribution in [0.15, 0.2) is 24.3 Å². The fourth-order valence-electron chi connectivity index (χ4n) is 1.68. The Morgan fingerprint density at radius 2 is 1.86 bits per heavy atom. The van der Waals surface area contributed by atoms with Crippen LogP contribution in [0, 0.1) is 0 Å². The average molecular weight is 315 g/mol. The number of halogens is 1. The summed E-state index contributed by atoms with van der Waals surface area (Å²) in [7, 11) is 0. The molecule has 1 atom stereocenters. The molecule has 0 saturated heterocycles. The minimum atomic E-state index is -0.151. The van der Waals surface area contributed by atoms with Crippen molar-refractivity contribution < 1.29 is 14.3 Å². The molecule has 118 valence electrons. The third-order valence-corrected chi connectivity index (χ3v) is 2.83. The molecule has 1 aromatic rings. The molecule has 0 radical (unpaired) electrons. The highest BCUT2D eigenvalue weighted by Crippen LogP contribution is 2.14. The van der Waals surface area contributed by atoms with Gasteiger partial charge in [-0.15, -0.1) is 12.4 Å². The smallest absolute Gasteiger partial charge is 0.220 e. The molecule has 0 aliphatic heterocycles. The van der Waals surface area contributed by atoms with E-state index >= 15 is 0 Å². The summed E-state index contributed by atoms with van der Waals surface area (Å²) < 4.78 is 5.31. The Hall–Kier alpha value is -1.59. The molecule has 6 heteroatoms. The molecule has 1 aromatic carbocycles. The predicted octanol–water partition coefficient (Wildman–Crippen LogP) is 1.93. The Kier molecular flexibility index (Phi) is 9.41. The highest BCUT2D eigenvalue weighted by Gasteiger charge is 2.10. The van der Waals surface area contributed by atoms with Crippen molar-refractivity contribution in [3.63, 3.8) is 0 Å². The molecule has 1 rings (SSSR count). The summed E-state index contributed by atoms with van der Waals surface area (Å²) in [6.07, 6.45) is 0.369. The van der Waals surface area contributed by atoms with Crippen LogP contribution in [0.3, 0.4) is 0 Å². The van der Waals surface area contributed by atoms with E-state index in [1.54, 1.807) is 24.3 Å². The van der Waals surface area contributed by atoms with Crippen molar-refractivity contribution in [3.05, 3.63) is 29.8 Å². The summed E-state index contributed by atoms with van der Waals surface area (Å²) >= 11 is 0. The molecule has 0 heterocycles. The third-order valence-electron chi connectivity index (χ3n) is 2.83. The van der Waals surface area contributed by atoms with Crippen LogP contribution in [0.25, 0.3) is 0 Å². The standard InChI is InChI=1S/C15H22N2O3.ClH/c1-3-20-13-6-4-12(5-7-13)14(18)8-9-15(19)17-11(2)10-16;/h4-7,11H,3,8-10,16H2,1-2H3,(H,17,19);1H/t11-;/m0./s1. The summed E-state index contributed by atoms with van der Waals surface area (Å²) in [6, 6.07) is 6.88. The lowest BCUT2D eigenvalue weighted by Crippen LogP contribution is -2.37. The monoisotopic (exact) mass is 314 g/mol. The maximum atomic E-state index is 11.9. The first-order chi connectivity index (χ1) is 9.56. The van der Waals surface area contributed by atoms with Gasteiger partial charge < -0.3 is 15.8 Å². The zero-order valence-electron chi connectivity index (χ0n) is 12.4. The van der Waals surface area contributed by atoms with Gasteiger partial charge in [0.1, 0.15) is 5.75 Å². The normalized spacial score (nSPS) is 11.2. The Morgan fingerprint density at radius 3 is 2.38 bits per heavy atom. The van der Waals surface area contributed by atoms with Gasteiger partial charge in [-0.3, -0.25) is 9.59 Å². The van der Waals surface area contributed by atoms with Gasteiger partial charge >= 0.3 is 0 Å². The first-order valence-electron chi connectivity index (χ1n) is 6.82. The van der Waals surface area contributed by atoms with Crippen LogP contribution in [-0.4, -0.2) is 30.9 Å². The van der Waals surface area contributed by atoms with Crippen LogP contribution in [0.4, 0.5) is 0 Å². The van der Waals surface area contributed by atoms with E-state index < -0.39 is 0 Å². The van der Waals surface area contributed by atoms with E-state index in [0.717, 1.165) is 5.75 Å². The number of amides is 1. The zero-order chi connectivity index (χ0) is 15.0. The van der Waals surface area contributed by atoms with Crippen molar-refractivity contribution in [2.24, 2.45) is 5.73 Å². The number of rotatable bonds is 8. The number of nitrogens with two attached hydrogens (primary N) is 1. The fraction of sp³-hybridized carbons (Fsp3) is 0.467. The number of ketones is 1. The Labute approximate surface area is 131 Å². The highest BCUT2D eigenvalue weighted by molar-refractivity contribution is 5.98. The van der Waals surface area contributed by atoms with E-state index in [4.69, 9.17) is 10.5 Å². The molecular weight excluding hydrogens is 292 g/mol. The first-order valence-corrected chi connectivity index (χ1v) is 6.82. The second-order valence-electron chi connectivity index (χ2n) is 4.58. The quantitative estimate of drug-likeness (QED) is 0.718. The van der Waals surface area contributed by atoms with Crippen LogP contribution in [-0.2, 0) is 4.79 Å². The molecule has 0 saturated carbocycles. The molecule has 0 unspecified atom stereocenters. The van der Waals surface area contributed by atoms with E-state index in [9.17, 15) is 9.59 Å². The largest absolute Gasteiger partial charge is 0.494 e. The first kappa shape index (κ1) is 19.4. The van der Waals surface area contributed by atoms with Gasteiger partial charge in [0.25, 0.3) is 0 Å². The van der Waals surface area contributed by atoms with Gasteiger partial charge in [0.05, 0.1) is 6.61 Å². The molecule has 1 amide bonds. The van der Waals surface area contributed by atoms with E-state index in [0.29, 0.717) is 18.7 Å². The van der Waals surface area contributed by atoms with E-state index in [1.165, 1.54) is 0 Å². The van der Waals surface area contributed by atoms with Crippen LogP contribution in [0.2, 0.25) is 0 Å². The fourth-order valence-corrected chi connectivity index (χ4v) is 1.68. The van der Waals surface area contributed by atoms with Crippen molar-refractivity contribution in [3.8, 4) is 5.75 Å². The summed E-state index contributed by atoms with van der Waals surface area (Å²) in [4.78, 5) is 23.5. The summed E-state index contributed by atoms with van der Waals surface area (Å²) in [6.45, 7) is 4.71. The van der Waals surface area contributed by atoms with Crippen LogP contribution in [0.5, 0.6) is 5.75 Å². The van der Waals surface area contributed by atoms with Gasteiger partial charge in [-0.05, 0) is 38.1 Å². The van der Waals surface area contributed by atoms with Gasteiger partial charge in [0, 0.05) is 31.0 Å². The lowest BCUT2D eigenvalue weighted by molar-refractivity contribution is -0.121. The second kappa shape index (κ2) is 10.2. The number of hydrogen-bond donors (Lipinski definition) is 2. The number of Topliss-reactive ketones (excluding diaryl/α,β-unsaturated/α-hetero) is 1. The maximum absolute atomic E-state index is 11.9. The van der Waals surface area contributed by atoms with Crippen molar-refractivity contribution in [2.45, 2.75) is 32.7 Å². The lowest BCUT2D eigenvalue weighted by atomic mass is 10.1. The number of hydrogen-bond acceptors (Lipinski definition) is 4. The lowest BCUT2D eigenvalue weighted by Gasteiger charge is -2.10. The summed E-state index contributed by atoms with van der Waals surface area (Å²) in [5.74, 6) is 0.532. The highest BCUT2D eigenvalue weighted by atomic mass is 35.5. The molecule has 3 N–H and O–H groups in total. The minimum absolute atomic E-state index is 0. The number of nitrogens with one attached hydrogen (secondary N) is 1. The Morgan fingerprint density at radius 1 is 1.24 bits per heavy atom. The predicted molar refractivity (Wildman–Crippen MR) is 85.1 cm³/mol.